The third-order valence-corrected chi connectivity index (χ3v) is 5.11. The number of amides is 2. The van der Waals surface area contributed by atoms with Gasteiger partial charge >= 0.3 is 6.03 Å². The van der Waals surface area contributed by atoms with Gasteiger partial charge < -0.3 is 19.7 Å². The van der Waals surface area contributed by atoms with Gasteiger partial charge in [-0.25, -0.2) is 4.79 Å². The number of hydrogen-bond donors (Lipinski definition) is 1. The predicted molar refractivity (Wildman–Crippen MR) is 107 cm³/mol. The number of anilines is 1. The molecule has 0 bridgehead atoms. The first-order chi connectivity index (χ1) is 13.1. The van der Waals surface area contributed by atoms with Crippen molar-refractivity contribution in [3.63, 3.8) is 0 Å². The molecule has 2 fully saturated rings. The second-order valence-corrected chi connectivity index (χ2v) is 7.91. The van der Waals surface area contributed by atoms with Crippen molar-refractivity contribution in [3.05, 3.63) is 24.3 Å². The molecule has 1 atom stereocenters. The third-order valence-electron chi connectivity index (χ3n) is 5.11. The number of carbonyl (C=O) groups excluding carboxylic acids is 1. The minimum Gasteiger partial charge on any atom is -0.489 e. The van der Waals surface area contributed by atoms with E-state index in [-0.39, 0.29) is 12.1 Å². The van der Waals surface area contributed by atoms with E-state index in [0.29, 0.717) is 18.3 Å². The van der Waals surface area contributed by atoms with Crippen LogP contribution in [0.5, 0.6) is 5.75 Å². The van der Waals surface area contributed by atoms with E-state index in [9.17, 15) is 4.79 Å². The van der Waals surface area contributed by atoms with Crippen LogP contribution in [0.2, 0.25) is 0 Å². The van der Waals surface area contributed by atoms with Gasteiger partial charge in [-0.15, -0.1) is 0 Å². The first-order valence-corrected chi connectivity index (χ1v) is 10.2. The van der Waals surface area contributed by atoms with Crippen LogP contribution in [0.25, 0.3) is 0 Å². The van der Waals surface area contributed by atoms with Crippen LogP contribution in [0.15, 0.2) is 24.3 Å². The highest BCUT2D eigenvalue weighted by molar-refractivity contribution is 5.91. The van der Waals surface area contributed by atoms with Crippen molar-refractivity contribution in [2.24, 2.45) is 5.92 Å². The van der Waals surface area contributed by atoms with Gasteiger partial charge in [0.15, 0.2) is 0 Å². The molecule has 2 aliphatic rings. The van der Waals surface area contributed by atoms with Gasteiger partial charge in [0.1, 0.15) is 12.4 Å². The molecule has 0 aliphatic carbocycles. The van der Waals surface area contributed by atoms with Crippen molar-refractivity contribution in [3.8, 4) is 5.75 Å². The van der Waals surface area contributed by atoms with Gasteiger partial charge in [0, 0.05) is 39.3 Å². The van der Waals surface area contributed by atoms with Gasteiger partial charge in [0.05, 0.1) is 11.8 Å². The van der Waals surface area contributed by atoms with Gasteiger partial charge in [-0.3, -0.25) is 4.90 Å². The summed E-state index contributed by atoms with van der Waals surface area (Å²) in [5.41, 5.74) is 0.725. The molecule has 2 aliphatic heterocycles. The summed E-state index contributed by atoms with van der Waals surface area (Å²) in [4.78, 5) is 17.0. The van der Waals surface area contributed by atoms with Gasteiger partial charge in [0.25, 0.3) is 0 Å². The Hall–Kier alpha value is -1.79. The molecule has 1 N–H and O–H groups in total. The zero-order valence-corrected chi connectivity index (χ0v) is 16.7. The van der Waals surface area contributed by atoms with E-state index < -0.39 is 0 Å². The monoisotopic (exact) mass is 375 g/mol. The topological polar surface area (TPSA) is 54.0 Å². The van der Waals surface area contributed by atoms with E-state index in [1.54, 1.807) is 0 Å². The van der Waals surface area contributed by atoms with Crippen LogP contribution in [0, 0.1) is 5.92 Å². The first kappa shape index (κ1) is 20.0. The van der Waals surface area contributed by atoms with E-state index in [4.69, 9.17) is 9.47 Å². The number of carbonyl (C=O) groups is 1. The second-order valence-electron chi connectivity index (χ2n) is 7.91. The number of hydrogen-bond acceptors (Lipinski definition) is 4. The Morgan fingerprint density at radius 3 is 2.70 bits per heavy atom. The third kappa shape index (κ3) is 6.11. The smallest absolute Gasteiger partial charge is 0.322 e. The molecule has 6 nitrogen and oxygen atoms in total. The molecule has 2 amide bonds. The molecule has 1 aromatic carbocycles. The summed E-state index contributed by atoms with van der Waals surface area (Å²) in [6, 6.07) is 7.59. The molecular weight excluding hydrogens is 342 g/mol. The molecule has 3 rings (SSSR count). The molecule has 0 radical (unpaired) electrons. The van der Waals surface area contributed by atoms with Crippen molar-refractivity contribution in [1.29, 1.82) is 0 Å². The van der Waals surface area contributed by atoms with Crippen LogP contribution in [0.1, 0.15) is 33.1 Å². The molecule has 2 heterocycles. The van der Waals surface area contributed by atoms with E-state index in [2.05, 4.69) is 24.1 Å². The molecule has 0 aromatic heterocycles. The lowest BCUT2D eigenvalue weighted by atomic mass is 10.1. The van der Waals surface area contributed by atoms with Crippen LogP contribution < -0.4 is 10.1 Å². The Morgan fingerprint density at radius 1 is 1.22 bits per heavy atom. The lowest BCUT2D eigenvalue weighted by Crippen LogP contribution is -2.50. The fraction of sp³-hybridized carbons (Fsp3) is 0.667. The molecular formula is C21H33N3O3. The highest BCUT2D eigenvalue weighted by Crippen LogP contribution is 2.25. The molecule has 0 spiro atoms. The summed E-state index contributed by atoms with van der Waals surface area (Å²) >= 11 is 0. The quantitative estimate of drug-likeness (QED) is 0.828. The fourth-order valence-corrected chi connectivity index (χ4v) is 3.66. The predicted octanol–water partition coefficient (Wildman–Crippen LogP) is 3.44. The van der Waals surface area contributed by atoms with Gasteiger partial charge in [-0.05, 0) is 37.3 Å². The van der Waals surface area contributed by atoms with E-state index in [1.165, 1.54) is 6.42 Å². The number of benzene rings is 1. The number of rotatable bonds is 6. The van der Waals surface area contributed by atoms with E-state index in [0.717, 1.165) is 57.9 Å². The minimum atomic E-state index is -0.0517. The van der Waals surface area contributed by atoms with Crippen LogP contribution in [-0.2, 0) is 4.74 Å². The zero-order valence-electron chi connectivity index (χ0n) is 16.7. The molecule has 6 heteroatoms. The van der Waals surface area contributed by atoms with Gasteiger partial charge in [-0.1, -0.05) is 26.0 Å². The SMILES string of the molecule is CC(C)CN1CCN(C(=O)Nc2ccccc2OCC2CCCCO2)CC1. The average molecular weight is 376 g/mol. The largest absolute Gasteiger partial charge is 0.489 e. The summed E-state index contributed by atoms with van der Waals surface area (Å²) in [7, 11) is 0. The van der Waals surface area contributed by atoms with Gasteiger partial charge in [0.2, 0.25) is 0 Å². The summed E-state index contributed by atoms with van der Waals surface area (Å²) < 4.78 is 11.7. The molecule has 150 valence electrons. The minimum absolute atomic E-state index is 0.0517. The molecule has 2 saturated heterocycles. The molecule has 1 aromatic rings. The molecule has 0 saturated carbocycles. The number of para-hydroxylation sites is 2. The first-order valence-electron chi connectivity index (χ1n) is 10.2. The Balaban J connectivity index is 1.50. The number of urea groups is 1. The van der Waals surface area contributed by atoms with E-state index in [1.807, 2.05) is 29.2 Å². The lowest BCUT2D eigenvalue weighted by molar-refractivity contribution is -0.0109. The van der Waals surface area contributed by atoms with Crippen molar-refractivity contribution in [1.82, 2.24) is 9.80 Å². The number of nitrogens with zero attached hydrogens (tertiary/aromatic N) is 2. The lowest BCUT2D eigenvalue weighted by Gasteiger charge is -2.35. The fourth-order valence-electron chi connectivity index (χ4n) is 3.66. The normalized spacial score (nSPS) is 21.3. The Kier molecular flexibility index (Phi) is 7.35. The van der Waals surface area contributed by atoms with Crippen LogP contribution in [0.4, 0.5) is 10.5 Å². The number of ether oxygens (including phenoxy) is 2. The summed E-state index contributed by atoms with van der Waals surface area (Å²) in [5.74, 6) is 1.36. The zero-order chi connectivity index (χ0) is 19.1. The number of nitrogens with one attached hydrogen (secondary N) is 1. The Bertz CT molecular complexity index is 594. The second kappa shape index (κ2) is 9.95. The van der Waals surface area contributed by atoms with Crippen molar-refractivity contribution in [2.45, 2.75) is 39.2 Å². The Morgan fingerprint density at radius 2 is 2.00 bits per heavy atom. The van der Waals surface area contributed by atoms with E-state index >= 15 is 0 Å². The van der Waals surface area contributed by atoms with Crippen LogP contribution in [0.3, 0.4) is 0 Å². The van der Waals surface area contributed by atoms with Crippen LogP contribution >= 0.6 is 0 Å². The highest BCUT2D eigenvalue weighted by Gasteiger charge is 2.22. The summed E-state index contributed by atoms with van der Waals surface area (Å²) in [6.45, 7) is 10.3. The molecule has 1 unspecified atom stereocenters. The average Bonchev–Trinajstić information content (AvgIpc) is 2.68. The summed E-state index contributed by atoms with van der Waals surface area (Å²) in [5, 5.41) is 3.03. The van der Waals surface area contributed by atoms with Crippen molar-refractivity contribution < 1.29 is 14.3 Å². The van der Waals surface area contributed by atoms with Crippen molar-refractivity contribution in [2.75, 3.05) is 51.3 Å². The Labute approximate surface area is 162 Å². The highest BCUT2D eigenvalue weighted by atomic mass is 16.5. The standard InChI is InChI=1S/C21H33N3O3/c1-17(2)15-23-10-12-24(13-11-23)21(25)22-19-8-3-4-9-20(19)27-16-18-7-5-6-14-26-18/h3-4,8-9,17-18H,5-7,10-16H2,1-2H3,(H,22,25). The number of piperazine rings is 1. The van der Waals surface area contributed by atoms with Crippen molar-refractivity contribution >= 4 is 11.7 Å². The maximum Gasteiger partial charge on any atom is 0.322 e. The molecule has 27 heavy (non-hydrogen) atoms. The summed E-state index contributed by atoms with van der Waals surface area (Å²) in [6.07, 6.45) is 3.51. The maximum absolute atomic E-state index is 12.7. The van der Waals surface area contributed by atoms with Crippen LogP contribution in [-0.4, -0.2) is 67.9 Å². The maximum atomic E-state index is 12.7. The van der Waals surface area contributed by atoms with Gasteiger partial charge in [-0.2, -0.15) is 0 Å².